The van der Waals surface area contributed by atoms with Crippen molar-refractivity contribution in [2.75, 3.05) is 27.3 Å². The molecule has 1 N–H and O–H groups in total. The molecule has 1 heterocycles. The van der Waals surface area contributed by atoms with Gasteiger partial charge in [-0.2, -0.15) is 0 Å². The molecule has 1 aliphatic rings. The van der Waals surface area contributed by atoms with Crippen LogP contribution in [0.15, 0.2) is 42.5 Å². The SMILES string of the molecule is COc1ccc(C(c2ccccc2OC)N2CCC(C(=O)O)CC2)cc1F. The number of methoxy groups -OCH3 is 2. The van der Waals surface area contributed by atoms with E-state index in [-0.39, 0.29) is 17.7 Å². The van der Waals surface area contributed by atoms with Gasteiger partial charge in [0.2, 0.25) is 0 Å². The predicted molar refractivity (Wildman–Crippen MR) is 99.7 cm³/mol. The summed E-state index contributed by atoms with van der Waals surface area (Å²) in [7, 11) is 3.05. The minimum absolute atomic E-state index is 0.196. The van der Waals surface area contributed by atoms with Crippen LogP contribution >= 0.6 is 0 Å². The van der Waals surface area contributed by atoms with Gasteiger partial charge in [-0.1, -0.05) is 24.3 Å². The molecule has 0 saturated carbocycles. The normalized spacial score (nSPS) is 16.7. The molecule has 2 aromatic carbocycles. The van der Waals surface area contributed by atoms with Gasteiger partial charge in [0.1, 0.15) is 5.75 Å². The number of halogens is 1. The molecule has 0 aromatic heterocycles. The lowest BCUT2D eigenvalue weighted by molar-refractivity contribution is -0.143. The van der Waals surface area contributed by atoms with Crippen molar-refractivity contribution in [1.82, 2.24) is 4.90 Å². The molecule has 3 rings (SSSR count). The van der Waals surface area contributed by atoms with Gasteiger partial charge in [-0.3, -0.25) is 9.69 Å². The Morgan fingerprint density at radius 3 is 2.37 bits per heavy atom. The maximum atomic E-state index is 14.4. The molecule has 1 atom stereocenters. The average Bonchev–Trinajstić information content (AvgIpc) is 2.69. The van der Waals surface area contributed by atoms with Gasteiger partial charge in [0.25, 0.3) is 0 Å². The number of piperidine rings is 1. The van der Waals surface area contributed by atoms with Crippen molar-refractivity contribution >= 4 is 5.97 Å². The van der Waals surface area contributed by atoms with Crippen LogP contribution in [0.25, 0.3) is 0 Å². The fraction of sp³-hybridized carbons (Fsp3) is 0.381. The quantitative estimate of drug-likeness (QED) is 0.836. The Bertz CT molecular complexity index is 803. The van der Waals surface area contributed by atoms with Gasteiger partial charge in [-0.25, -0.2) is 4.39 Å². The molecule has 2 aromatic rings. The molecular weight excluding hydrogens is 349 g/mol. The van der Waals surface area contributed by atoms with E-state index in [1.807, 2.05) is 30.3 Å². The number of hydrogen-bond acceptors (Lipinski definition) is 4. The third-order valence-electron chi connectivity index (χ3n) is 5.17. The van der Waals surface area contributed by atoms with E-state index in [4.69, 9.17) is 9.47 Å². The zero-order valence-corrected chi connectivity index (χ0v) is 15.5. The second-order valence-corrected chi connectivity index (χ2v) is 6.69. The number of likely N-dealkylation sites (tertiary alicyclic amines) is 1. The first-order valence-corrected chi connectivity index (χ1v) is 8.98. The van der Waals surface area contributed by atoms with Crippen molar-refractivity contribution in [2.45, 2.75) is 18.9 Å². The second kappa shape index (κ2) is 8.39. The molecule has 27 heavy (non-hydrogen) atoms. The number of rotatable bonds is 6. The summed E-state index contributed by atoms with van der Waals surface area (Å²) in [6.45, 7) is 1.24. The number of aliphatic carboxylic acids is 1. The first-order valence-electron chi connectivity index (χ1n) is 8.98. The van der Waals surface area contributed by atoms with Crippen LogP contribution in [0.5, 0.6) is 11.5 Å². The minimum Gasteiger partial charge on any atom is -0.496 e. The number of carbonyl (C=O) groups is 1. The largest absolute Gasteiger partial charge is 0.496 e. The molecule has 1 fully saturated rings. The van der Waals surface area contributed by atoms with Crippen molar-refractivity contribution in [3.63, 3.8) is 0 Å². The van der Waals surface area contributed by atoms with Crippen molar-refractivity contribution in [3.05, 3.63) is 59.4 Å². The van der Waals surface area contributed by atoms with Gasteiger partial charge in [-0.15, -0.1) is 0 Å². The third kappa shape index (κ3) is 4.06. The molecule has 0 aliphatic carbocycles. The van der Waals surface area contributed by atoms with Crippen LogP contribution in [0, 0.1) is 11.7 Å². The molecule has 5 nitrogen and oxygen atoms in total. The highest BCUT2D eigenvalue weighted by molar-refractivity contribution is 5.70. The zero-order valence-electron chi connectivity index (χ0n) is 15.5. The standard InChI is InChI=1S/C21H24FNO4/c1-26-18-6-4-3-5-16(18)20(15-7-8-19(27-2)17(22)13-15)23-11-9-14(10-12-23)21(24)25/h3-8,13-14,20H,9-12H2,1-2H3,(H,24,25). The van der Waals surface area contributed by atoms with E-state index in [2.05, 4.69) is 4.90 Å². The number of nitrogens with zero attached hydrogens (tertiary/aromatic N) is 1. The number of carboxylic acid groups (broad SMARTS) is 1. The molecule has 1 unspecified atom stereocenters. The van der Waals surface area contributed by atoms with Crippen LogP contribution in [0.3, 0.4) is 0 Å². The molecule has 6 heteroatoms. The maximum Gasteiger partial charge on any atom is 0.306 e. The zero-order chi connectivity index (χ0) is 19.4. The van der Waals surface area contributed by atoms with Crippen LogP contribution in [0.1, 0.15) is 30.0 Å². The van der Waals surface area contributed by atoms with Crippen LogP contribution < -0.4 is 9.47 Å². The Balaban J connectivity index is 1.99. The lowest BCUT2D eigenvalue weighted by Gasteiger charge is -2.37. The third-order valence-corrected chi connectivity index (χ3v) is 5.17. The summed E-state index contributed by atoms with van der Waals surface area (Å²) in [6, 6.07) is 12.4. The van der Waals surface area contributed by atoms with Crippen LogP contribution in [-0.2, 0) is 4.79 Å². The van der Waals surface area contributed by atoms with Crippen molar-refractivity contribution in [2.24, 2.45) is 5.92 Å². The van der Waals surface area contributed by atoms with Crippen LogP contribution in [0.2, 0.25) is 0 Å². The van der Waals surface area contributed by atoms with E-state index < -0.39 is 11.8 Å². The lowest BCUT2D eigenvalue weighted by Crippen LogP contribution is -2.39. The molecule has 0 radical (unpaired) electrons. The Morgan fingerprint density at radius 2 is 1.78 bits per heavy atom. The summed E-state index contributed by atoms with van der Waals surface area (Å²) in [4.78, 5) is 13.5. The minimum atomic E-state index is -0.751. The first-order chi connectivity index (χ1) is 13.0. The Morgan fingerprint density at radius 1 is 1.11 bits per heavy atom. The highest BCUT2D eigenvalue weighted by Crippen LogP contribution is 2.38. The smallest absolute Gasteiger partial charge is 0.306 e. The summed E-state index contributed by atoms with van der Waals surface area (Å²) >= 11 is 0. The molecule has 0 spiro atoms. The first kappa shape index (κ1) is 19.2. The number of carboxylic acids is 1. The Hall–Kier alpha value is -2.60. The summed E-state index contributed by atoms with van der Waals surface area (Å²) < 4.78 is 25.0. The molecule has 144 valence electrons. The van der Waals surface area contributed by atoms with E-state index in [9.17, 15) is 14.3 Å². The van der Waals surface area contributed by atoms with E-state index in [1.165, 1.54) is 13.2 Å². The van der Waals surface area contributed by atoms with Crippen molar-refractivity contribution in [3.8, 4) is 11.5 Å². The fourth-order valence-corrected chi connectivity index (χ4v) is 3.74. The van der Waals surface area contributed by atoms with Crippen molar-refractivity contribution in [1.29, 1.82) is 0 Å². The fourth-order valence-electron chi connectivity index (χ4n) is 3.74. The van der Waals surface area contributed by atoms with Crippen LogP contribution in [-0.4, -0.2) is 43.3 Å². The lowest BCUT2D eigenvalue weighted by atomic mass is 9.91. The van der Waals surface area contributed by atoms with Gasteiger partial charge in [-0.05, 0) is 49.7 Å². The van der Waals surface area contributed by atoms with E-state index in [0.29, 0.717) is 25.9 Å². The molecule has 1 aliphatic heterocycles. The number of hydrogen-bond donors (Lipinski definition) is 1. The summed E-state index contributed by atoms with van der Waals surface area (Å²) in [6.07, 6.45) is 1.14. The van der Waals surface area contributed by atoms with E-state index in [1.54, 1.807) is 13.2 Å². The van der Waals surface area contributed by atoms with Gasteiger partial charge in [0, 0.05) is 5.56 Å². The van der Waals surface area contributed by atoms with Gasteiger partial charge < -0.3 is 14.6 Å². The monoisotopic (exact) mass is 373 g/mol. The van der Waals surface area contributed by atoms with Gasteiger partial charge >= 0.3 is 5.97 Å². The van der Waals surface area contributed by atoms with Crippen molar-refractivity contribution < 1.29 is 23.8 Å². The number of ether oxygens (including phenoxy) is 2. The summed E-state index contributed by atoms with van der Waals surface area (Å²) in [5.74, 6) is -0.581. The summed E-state index contributed by atoms with van der Waals surface area (Å²) in [5, 5.41) is 9.27. The second-order valence-electron chi connectivity index (χ2n) is 6.69. The Kier molecular flexibility index (Phi) is 5.96. The highest BCUT2D eigenvalue weighted by Gasteiger charge is 2.31. The highest BCUT2D eigenvalue weighted by atomic mass is 19.1. The maximum absolute atomic E-state index is 14.4. The number of para-hydroxylation sites is 1. The molecule has 1 saturated heterocycles. The summed E-state index contributed by atoms with van der Waals surface area (Å²) in [5.41, 5.74) is 1.71. The van der Waals surface area contributed by atoms with Crippen LogP contribution in [0.4, 0.5) is 4.39 Å². The number of benzene rings is 2. The molecule has 0 bridgehead atoms. The van der Waals surface area contributed by atoms with E-state index >= 15 is 0 Å². The molecule has 0 amide bonds. The van der Waals surface area contributed by atoms with E-state index in [0.717, 1.165) is 16.9 Å². The average molecular weight is 373 g/mol. The van der Waals surface area contributed by atoms with Gasteiger partial charge in [0.15, 0.2) is 11.6 Å². The predicted octanol–water partition coefficient (Wildman–Crippen LogP) is 3.73. The Labute approximate surface area is 158 Å². The molecular formula is C21H24FNO4. The van der Waals surface area contributed by atoms with Gasteiger partial charge in [0.05, 0.1) is 26.2 Å². The topological polar surface area (TPSA) is 59.0 Å².